The fraction of sp³-hybridized carbons (Fsp3) is 0.318. The Morgan fingerprint density at radius 3 is 2.78 bits per heavy atom. The number of fused-ring (bicyclic) bond motifs is 1. The van der Waals surface area contributed by atoms with E-state index in [1.54, 1.807) is 23.1 Å². The molecule has 0 bridgehead atoms. The zero-order valence-electron chi connectivity index (χ0n) is 15.2. The second-order valence-corrected chi connectivity index (χ2v) is 7.60. The number of carbonyl (C=O) groups is 2. The van der Waals surface area contributed by atoms with Crippen LogP contribution in [0, 0.1) is 24.2 Å². The van der Waals surface area contributed by atoms with Gasteiger partial charge >= 0.3 is 11.8 Å². The lowest BCUT2D eigenvalue weighted by atomic mass is 9.94. The normalized spacial score (nSPS) is 22.7. The number of hydrogen-bond acceptors (Lipinski definition) is 3. The molecule has 0 unspecified atom stereocenters. The number of aryl methyl sites for hydroxylation is 1. The highest BCUT2D eigenvalue weighted by Crippen LogP contribution is 2.58. The number of nitrogens with zero attached hydrogens (tertiary/aromatic N) is 2. The number of nitrogens with one attached hydrogen (secondary N) is 1. The zero-order chi connectivity index (χ0) is 19.0. The molecule has 0 radical (unpaired) electrons. The van der Waals surface area contributed by atoms with Gasteiger partial charge in [-0.25, -0.2) is 0 Å². The van der Waals surface area contributed by atoms with E-state index in [9.17, 15) is 9.59 Å². The standard InChI is InChI=1S/C22H21N3O2/c1-15-5-7-17(8-6-15)22-12-18(22)13-25(14-22)21(27)20(26)24-19-4-2-3-16(11-19)9-10-23/h2-8,11,18H,9,12-14H2,1H3,(H,24,26)/t18-,22+/m0/s1. The number of amides is 2. The first-order valence-corrected chi connectivity index (χ1v) is 9.15. The minimum Gasteiger partial charge on any atom is -0.333 e. The summed E-state index contributed by atoms with van der Waals surface area (Å²) in [5.74, 6) is -0.667. The summed E-state index contributed by atoms with van der Waals surface area (Å²) < 4.78 is 0. The molecule has 1 aliphatic heterocycles. The van der Waals surface area contributed by atoms with E-state index in [1.807, 2.05) is 6.07 Å². The van der Waals surface area contributed by atoms with Gasteiger partial charge in [0.25, 0.3) is 0 Å². The molecule has 2 aromatic carbocycles. The maximum absolute atomic E-state index is 12.6. The van der Waals surface area contributed by atoms with Crippen molar-refractivity contribution in [2.45, 2.75) is 25.2 Å². The van der Waals surface area contributed by atoms with Crippen LogP contribution in [0.25, 0.3) is 0 Å². The molecule has 1 N–H and O–H groups in total. The molecule has 2 aliphatic rings. The molecule has 4 rings (SSSR count). The molecular formula is C22H21N3O2. The van der Waals surface area contributed by atoms with Gasteiger partial charge in [-0.15, -0.1) is 0 Å². The van der Waals surface area contributed by atoms with Crippen LogP contribution in [0.3, 0.4) is 0 Å². The predicted molar refractivity (Wildman–Crippen MR) is 102 cm³/mol. The van der Waals surface area contributed by atoms with E-state index in [2.05, 4.69) is 42.6 Å². The number of hydrogen-bond donors (Lipinski definition) is 1. The molecule has 136 valence electrons. The van der Waals surface area contributed by atoms with E-state index >= 15 is 0 Å². The molecule has 2 atom stereocenters. The van der Waals surface area contributed by atoms with Crippen molar-refractivity contribution in [3.8, 4) is 6.07 Å². The van der Waals surface area contributed by atoms with Crippen LogP contribution in [0.15, 0.2) is 48.5 Å². The van der Waals surface area contributed by atoms with Gasteiger partial charge in [-0.3, -0.25) is 9.59 Å². The van der Waals surface area contributed by atoms with Crippen molar-refractivity contribution in [1.82, 2.24) is 4.90 Å². The summed E-state index contributed by atoms with van der Waals surface area (Å²) in [6, 6.07) is 17.6. The second-order valence-electron chi connectivity index (χ2n) is 7.60. The Labute approximate surface area is 158 Å². The number of nitriles is 1. The largest absolute Gasteiger partial charge is 0.333 e. The van der Waals surface area contributed by atoms with E-state index in [0.29, 0.717) is 24.7 Å². The predicted octanol–water partition coefficient (Wildman–Crippen LogP) is 2.80. The van der Waals surface area contributed by atoms with Crippen LogP contribution in [0.5, 0.6) is 0 Å². The lowest BCUT2D eigenvalue weighted by Crippen LogP contribution is -2.40. The molecule has 1 aliphatic carbocycles. The summed E-state index contributed by atoms with van der Waals surface area (Å²) in [4.78, 5) is 26.7. The third-order valence-electron chi connectivity index (χ3n) is 5.72. The molecular weight excluding hydrogens is 338 g/mol. The summed E-state index contributed by atoms with van der Waals surface area (Å²) in [6.07, 6.45) is 1.35. The summed E-state index contributed by atoms with van der Waals surface area (Å²) in [7, 11) is 0. The number of anilines is 1. The first kappa shape index (κ1) is 17.3. The van der Waals surface area contributed by atoms with Crippen LogP contribution in [0.2, 0.25) is 0 Å². The van der Waals surface area contributed by atoms with E-state index in [1.165, 1.54) is 11.1 Å². The monoisotopic (exact) mass is 359 g/mol. The Morgan fingerprint density at radius 2 is 2.04 bits per heavy atom. The fourth-order valence-electron chi connectivity index (χ4n) is 4.15. The minimum atomic E-state index is -0.621. The quantitative estimate of drug-likeness (QED) is 0.857. The maximum atomic E-state index is 12.6. The van der Waals surface area contributed by atoms with Gasteiger partial charge in [0.2, 0.25) is 0 Å². The highest BCUT2D eigenvalue weighted by atomic mass is 16.2. The Bertz CT molecular complexity index is 945. The lowest BCUT2D eigenvalue weighted by Gasteiger charge is -2.21. The highest BCUT2D eigenvalue weighted by molar-refractivity contribution is 6.39. The smallest absolute Gasteiger partial charge is 0.313 e. The molecule has 0 spiro atoms. The van der Waals surface area contributed by atoms with Gasteiger partial charge in [0, 0.05) is 24.2 Å². The third kappa shape index (κ3) is 3.19. The summed E-state index contributed by atoms with van der Waals surface area (Å²) >= 11 is 0. The van der Waals surface area contributed by atoms with Crippen molar-refractivity contribution < 1.29 is 9.59 Å². The van der Waals surface area contributed by atoms with Gasteiger partial charge in [-0.05, 0) is 42.5 Å². The van der Waals surface area contributed by atoms with Gasteiger partial charge in [0.15, 0.2) is 0 Å². The minimum absolute atomic E-state index is 0.0242. The molecule has 2 amide bonds. The van der Waals surface area contributed by atoms with Crippen LogP contribution in [0.4, 0.5) is 5.69 Å². The van der Waals surface area contributed by atoms with Crippen LogP contribution < -0.4 is 5.32 Å². The Kier molecular flexibility index (Phi) is 4.19. The van der Waals surface area contributed by atoms with Gasteiger partial charge in [0.1, 0.15) is 0 Å². The van der Waals surface area contributed by atoms with Gasteiger partial charge < -0.3 is 10.2 Å². The van der Waals surface area contributed by atoms with Crippen molar-refractivity contribution in [2.75, 3.05) is 18.4 Å². The average molecular weight is 359 g/mol. The number of benzene rings is 2. The molecule has 0 aromatic heterocycles. The van der Waals surface area contributed by atoms with Crippen molar-refractivity contribution in [1.29, 1.82) is 5.26 Å². The third-order valence-corrected chi connectivity index (χ3v) is 5.72. The number of likely N-dealkylation sites (tertiary alicyclic amines) is 1. The van der Waals surface area contributed by atoms with Crippen molar-refractivity contribution in [2.24, 2.45) is 5.92 Å². The lowest BCUT2D eigenvalue weighted by molar-refractivity contribution is -0.142. The molecule has 5 nitrogen and oxygen atoms in total. The van der Waals surface area contributed by atoms with Crippen molar-refractivity contribution in [3.63, 3.8) is 0 Å². The number of rotatable bonds is 3. The van der Waals surface area contributed by atoms with Crippen LogP contribution in [-0.2, 0) is 21.4 Å². The molecule has 1 saturated carbocycles. The Hall–Kier alpha value is -3.13. The Morgan fingerprint density at radius 1 is 1.26 bits per heavy atom. The summed E-state index contributed by atoms with van der Waals surface area (Å²) in [5.41, 5.74) is 3.85. The van der Waals surface area contributed by atoms with Gasteiger partial charge in [-0.2, -0.15) is 5.26 Å². The highest BCUT2D eigenvalue weighted by Gasteiger charge is 2.61. The maximum Gasteiger partial charge on any atom is 0.313 e. The van der Waals surface area contributed by atoms with E-state index < -0.39 is 11.8 Å². The van der Waals surface area contributed by atoms with E-state index in [4.69, 9.17) is 5.26 Å². The van der Waals surface area contributed by atoms with Crippen molar-refractivity contribution >= 4 is 17.5 Å². The molecule has 2 aromatic rings. The molecule has 1 heterocycles. The van der Waals surface area contributed by atoms with Gasteiger partial charge in [-0.1, -0.05) is 42.0 Å². The van der Waals surface area contributed by atoms with Crippen LogP contribution in [0.1, 0.15) is 23.1 Å². The Balaban J connectivity index is 1.42. The van der Waals surface area contributed by atoms with Gasteiger partial charge in [0.05, 0.1) is 12.5 Å². The van der Waals surface area contributed by atoms with Crippen LogP contribution in [-0.4, -0.2) is 29.8 Å². The first-order valence-electron chi connectivity index (χ1n) is 9.15. The first-order chi connectivity index (χ1) is 13.0. The fourth-order valence-corrected chi connectivity index (χ4v) is 4.15. The molecule has 27 heavy (non-hydrogen) atoms. The zero-order valence-corrected chi connectivity index (χ0v) is 15.2. The molecule has 5 heteroatoms. The number of piperidine rings is 1. The summed E-state index contributed by atoms with van der Waals surface area (Å²) in [5, 5.41) is 11.5. The van der Waals surface area contributed by atoms with E-state index in [0.717, 1.165) is 12.0 Å². The number of carbonyl (C=O) groups excluding carboxylic acids is 2. The second kappa shape index (κ2) is 6.55. The molecule has 1 saturated heterocycles. The van der Waals surface area contributed by atoms with Crippen LogP contribution >= 0.6 is 0 Å². The summed E-state index contributed by atoms with van der Waals surface area (Å²) in [6.45, 7) is 3.29. The average Bonchev–Trinajstić information content (AvgIpc) is 3.23. The molecule has 2 fully saturated rings. The SMILES string of the molecule is Cc1ccc([C@]23C[C@H]2CN(C(=O)C(=O)Nc2cccc(CC#N)c2)C3)cc1. The van der Waals surface area contributed by atoms with Crippen molar-refractivity contribution in [3.05, 3.63) is 65.2 Å². The topological polar surface area (TPSA) is 73.2 Å². The van der Waals surface area contributed by atoms with E-state index in [-0.39, 0.29) is 11.8 Å².